The van der Waals surface area contributed by atoms with Crippen LogP contribution in [-0.4, -0.2) is 16.2 Å². The Morgan fingerprint density at radius 2 is 1.75 bits per heavy atom. The van der Waals surface area contributed by atoms with Crippen LogP contribution >= 0.6 is 0 Å². The van der Waals surface area contributed by atoms with Gasteiger partial charge in [-0.15, -0.1) is 0 Å². The molecule has 0 aliphatic carbocycles. The fourth-order valence-electron chi connectivity index (χ4n) is 3.48. The van der Waals surface area contributed by atoms with E-state index in [1.165, 1.54) is 50.5 Å². The van der Waals surface area contributed by atoms with E-state index < -0.39 is 0 Å². The summed E-state index contributed by atoms with van der Waals surface area (Å²) < 4.78 is 5.68. The lowest BCUT2D eigenvalue weighted by Crippen LogP contribution is -2.09. The third kappa shape index (κ3) is 8.73. The molecule has 4 heteroatoms. The Morgan fingerprint density at radius 3 is 2.46 bits per heavy atom. The predicted octanol–water partition coefficient (Wildman–Crippen LogP) is 6.33. The quantitative estimate of drug-likeness (QED) is 0.235. The number of hydrogen-bond acceptors (Lipinski definition) is 3. The maximum atomic E-state index is 12.2. The molecule has 0 saturated carbocycles. The molecule has 154 valence electrons. The zero-order valence-electron chi connectivity index (χ0n) is 17.6. The Labute approximate surface area is 170 Å². The van der Waals surface area contributed by atoms with Crippen LogP contribution in [0.2, 0.25) is 0 Å². The van der Waals surface area contributed by atoms with Crippen molar-refractivity contribution in [1.29, 1.82) is 0 Å². The minimum absolute atomic E-state index is 0.149. The summed E-state index contributed by atoms with van der Waals surface area (Å²) in [6.45, 7) is 4.35. The summed E-state index contributed by atoms with van der Waals surface area (Å²) in [5.41, 5.74) is 3.50. The topological polar surface area (TPSA) is 55.0 Å². The first-order valence-corrected chi connectivity index (χ1v) is 11.0. The molecular weight excluding hydrogens is 348 g/mol. The van der Waals surface area contributed by atoms with Crippen LogP contribution in [0.4, 0.5) is 0 Å². The number of H-pyrrole nitrogens is 1. The van der Waals surface area contributed by atoms with Gasteiger partial charge in [-0.3, -0.25) is 9.89 Å². The third-order valence-electron chi connectivity index (χ3n) is 5.14. The summed E-state index contributed by atoms with van der Waals surface area (Å²) in [6, 6.07) is 6.13. The zero-order chi connectivity index (χ0) is 20.0. The molecule has 1 heterocycles. The van der Waals surface area contributed by atoms with E-state index in [4.69, 9.17) is 4.74 Å². The van der Waals surface area contributed by atoms with Crippen molar-refractivity contribution in [1.82, 2.24) is 10.2 Å². The van der Waals surface area contributed by atoms with Gasteiger partial charge in [-0.05, 0) is 49.8 Å². The highest BCUT2D eigenvalue weighted by molar-refractivity contribution is 5.72. The van der Waals surface area contributed by atoms with Gasteiger partial charge in [0.2, 0.25) is 0 Å². The van der Waals surface area contributed by atoms with Gasteiger partial charge in [0.1, 0.15) is 5.75 Å². The van der Waals surface area contributed by atoms with Crippen LogP contribution in [0.1, 0.15) is 87.8 Å². The average molecular weight is 385 g/mol. The van der Waals surface area contributed by atoms with Gasteiger partial charge in [-0.1, -0.05) is 69.6 Å². The van der Waals surface area contributed by atoms with E-state index in [1.807, 2.05) is 18.3 Å². The zero-order valence-corrected chi connectivity index (χ0v) is 17.6. The van der Waals surface area contributed by atoms with E-state index in [0.717, 1.165) is 42.6 Å². The number of unbranched alkanes of at least 4 members (excludes halogenated alkanes) is 7. The number of ether oxygens (including phenoxy) is 1. The molecule has 1 aromatic carbocycles. The smallest absolute Gasteiger partial charge is 0.311 e. The second-order valence-corrected chi connectivity index (χ2v) is 7.77. The number of benzene rings is 1. The highest BCUT2D eigenvalue weighted by Gasteiger charge is 2.10. The first-order valence-electron chi connectivity index (χ1n) is 11.0. The molecule has 1 aromatic heterocycles. The number of carbonyl (C=O) groups excluding carboxylic acids is 1. The van der Waals surface area contributed by atoms with Gasteiger partial charge in [-0.2, -0.15) is 5.10 Å². The van der Waals surface area contributed by atoms with Crippen molar-refractivity contribution in [3.63, 3.8) is 0 Å². The Hall–Kier alpha value is -2.10. The first kappa shape index (κ1) is 22.2. The molecule has 0 unspecified atom stereocenters. The van der Waals surface area contributed by atoms with Gasteiger partial charge in [-0.25, -0.2) is 0 Å². The number of esters is 1. The van der Waals surface area contributed by atoms with Crippen molar-refractivity contribution in [2.45, 2.75) is 90.9 Å². The summed E-state index contributed by atoms with van der Waals surface area (Å²) in [7, 11) is 0. The number of rotatable bonds is 14. The van der Waals surface area contributed by atoms with Gasteiger partial charge < -0.3 is 4.74 Å². The van der Waals surface area contributed by atoms with Gasteiger partial charge in [0.25, 0.3) is 0 Å². The van der Waals surface area contributed by atoms with Crippen molar-refractivity contribution in [2.75, 3.05) is 0 Å². The SMILES string of the molecule is CCCCCCCCCCc1cc(C)ccc1OC(=O)CCCc1cn[nH]c1. The molecule has 0 aliphatic heterocycles. The fraction of sp³-hybridized carbons (Fsp3) is 0.583. The van der Waals surface area contributed by atoms with Crippen molar-refractivity contribution < 1.29 is 9.53 Å². The van der Waals surface area contributed by atoms with Crippen molar-refractivity contribution in [3.05, 3.63) is 47.3 Å². The lowest BCUT2D eigenvalue weighted by molar-refractivity contribution is -0.134. The number of hydrogen-bond donors (Lipinski definition) is 1. The highest BCUT2D eigenvalue weighted by Crippen LogP contribution is 2.23. The maximum Gasteiger partial charge on any atom is 0.311 e. The lowest BCUT2D eigenvalue weighted by atomic mass is 10.0. The minimum Gasteiger partial charge on any atom is -0.426 e. The van der Waals surface area contributed by atoms with E-state index in [2.05, 4.69) is 30.1 Å². The van der Waals surface area contributed by atoms with Crippen LogP contribution in [0.15, 0.2) is 30.6 Å². The fourth-order valence-corrected chi connectivity index (χ4v) is 3.48. The summed E-state index contributed by atoms with van der Waals surface area (Å²) in [5.74, 6) is 0.589. The molecular formula is C24H36N2O2. The Kier molecular flexibility index (Phi) is 10.4. The van der Waals surface area contributed by atoms with Gasteiger partial charge >= 0.3 is 5.97 Å². The van der Waals surface area contributed by atoms with E-state index in [1.54, 1.807) is 6.20 Å². The summed E-state index contributed by atoms with van der Waals surface area (Å²) >= 11 is 0. The molecule has 4 nitrogen and oxygen atoms in total. The largest absolute Gasteiger partial charge is 0.426 e. The van der Waals surface area contributed by atoms with Crippen LogP contribution in [0.25, 0.3) is 0 Å². The molecule has 2 rings (SSSR count). The molecule has 0 radical (unpaired) electrons. The van der Waals surface area contributed by atoms with Crippen LogP contribution in [0.3, 0.4) is 0 Å². The molecule has 0 fully saturated rings. The second-order valence-electron chi connectivity index (χ2n) is 7.77. The molecule has 0 bridgehead atoms. The number of nitrogens with zero attached hydrogens (tertiary/aromatic N) is 1. The van der Waals surface area contributed by atoms with Crippen molar-refractivity contribution in [3.8, 4) is 5.75 Å². The normalized spacial score (nSPS) is 10.9. The maximum absolute atomic E-state index is 12.2. The Bertz CT molecular complexity index is 680. The van der Waals surface area contributed by atoms with Gasteiger partial charge in [0, 0.05) is 12.6 Å². The third-order valence-corrected chi connectivity index (χ3v) is 5.14. The van der Waals surface area contributed by atoms with Crippen molar-refractivity contribution >= 4 is 5.97 Å². The number of carbonyl (C=O) groups is 1. The predicted molar refractivity (Wildman–Crippen MR) is 115 cm³/mol. The molecule has 0 saturated heterocycles. The Balaban J connectivity index is 1.72. The number of aryl methyl sites for hydroxylation is 3. The molecule has 28 heavy (non-hydrogen) atoms. The molecule has 0 amide bonds. The summed E-state index contributed by atoms with van der Waals surface area (Å²) in [5, 5.41) is 6.72. The molecule has 2 aromatic rings. The number of nitrogens with one attached hydrogen (secondary N) is 1. The number of aromatic amines is 1. The van der Waals surface area contributed by atoms with E-state index in [0.29, 0.717) is 6.42 Å². The molecule has 1 N–H and O–H groups in total. The molecule has 0 aliphatic rings. The summed E-state index contributed by atoms with van der Waals surface area (Å²) in [6.07, 6.45) is 17.1. The minimum atomic E-state index is -0.149. The summed E-state index contributed by atoms with van der Waals surface area (Å²) in [4.78, 5) is 12.2. The van der Waals surface area contributed by atoms with Crippen LogP contribution < -0.4 is 4.74 Å². The molecule has 0 atom stereocenters. The standard InChI is InChI=1S/C24H36N2O2/c1-3-4-5-6-7-8-9-10-13-22-17-20(2)15-16-23(22)28-24(27)14-11-12-21-18-25-26-19-21/h15-19H,3-14H2,1-2H3,(H,25,26). The van der Waals surface area contributed by atoms with E-state index in [-0.39, 0.29) is 5.97 Å². The highest BCUT2D eigenvalue weighted by atomic mass is 16.5. The first-order chi connectivity index (χ1) is 13.7. The van der Waals surface area contributed by atoms with Gasteiger partial charge in [0.15, 0.2) is 0 Å². The van der Waals surface area contributed by atoms with Crippen LogP contribution in [0.5, 0.6) is 5.75 Å². The Morgan fingerprint density at radius 1 is 1.00 bits per heavy atom. The number of aromatic nitrogens is 2. The lowest BCUT2D eigenvalue weighted by Gasteiger charge is -2.11. The second kappa shape index (κ2) is 13.1. The molecule has 0 spiro atoms. The average Bonchev–Trinajstić information content (AvgIpc) is 3.19. The van der Waals surface area contributed by atoms with Crippen molar-refractivity contribution in [2.24, 2.45) is 0 Å². The van der Waals surface area contributed by atoms with E-state index in [9.17, 15) is 4.79 Å². The monoisotopic (exact) mass is 384 g/mol. The van der Waals surface area contributed by atoms with Gasteiger partial charge in [0.05, 0.1) is 6.20 Å². The van der Waals surface area contributed by atoms with Crippen LogP contribution in [0, 0.1) is 6.92 Å². The van der Waals surface area contributed by atoms with Crippen LogP contribution in [-0.2, 0) is 17.6 Å². The van der Waals surface area contributed by atoms with E-state index >= 15 is 0 Å².